The van der Waals surface area contributed by atoms with Gasteiger partial charge in [0, 0.05) is 0 Å². The van der Waals surface area contributed by atoms with E-state index < -0.39 is 17.1 Å². The van der Waals surface area contributed by atoms with E-state index in [0.29, 0.717) is 24.2 Å². The lowest BCUT2D eigenvalue weighted by Gasteiger charge is -2.26. The number of para-hydroxylation sites is 1. The molecule has 0 aliphatic heterocycles. The van der Waals surface area contributed by atoms with Crippen LogP contribution < -0.4 is 50.2 Å². The second-order valence-corrected chi connectivity index (χ2v) is 31.8. The lowest BCUT2D eigenvalue weighted by atomic mass is 9.78. The van der Waals surface area contributed by atoms with Crippen LogP contribution in [0.25, 0.3) is 28.9 Å². The van der Waals surface area contributed by atoms with Crippen LogP contribution >= 0.6 is 0 Å². The molecule has 14 heteroatoms. The third-order valence-corrected chi connectivity index (χ3v) is 19.3. The minimum atomic E-state index is -0.662. The highest BCUT2D eigenvalue weighted by Crippen LogP contribution is 2.34. The van der Waals surface area contributed by atoms with Gasteiger partial charge in [0.25, 0.3) is 0 Å². The van der Waals surface area contributed by atoms with E-state index in [1.165, 1.54) is 74.7 Å². The minimum Gasteiger partial charge on any atom is -0.497 e. The van der Waals surface area contributed by atoms with Gasteiger partial charge >= 0.3 is 17.1 Å². The van der Waals surface area contributed by atoms with Crippen molar-refractivity contribution in [2.75, 3.05) is 48.8 Å². The van der Waals surface area contributed by atoms with Crippen molar-refractivity contribution in [3.05, 3.63) is 531 Å². The lowest BCUT2D eigenvalue weighted by Crippen LogP contribution is -2.54. The maximum atomic E-state index is 11.9. The zero-order chi connectivity index (χ0) is 102. The summed E-state index contributed by atoms with van der Waals surface area (Å²) >= 11 is 0. The smallest absolute Gasteiger partial charge is 0.336 e. The lowest BCUT2D eigenvalue weighted by molar-refractivity contribution is -0.104. The molecule has 0 saturated carbocycles. The van der Waals surface area contributed by atoms with Gasteiger partial charge in [-0.1, -0.05) is 404 Å². The van der Waals surface area contributed by atoms with Crippen LogP contribution in [-0.4, -0.2) is 68.8 Å². The van der Waals surface area contributed by atoms with E-state index in [-0.39, 0.29) is 25.0 Å². The molecule has 0 aliphatic carbocycles. The first-order valence-electron chi connectivity index (χ1n) is 44.9. The molecule has 1 aromatic heterocycles. The van der Waals surface area contributed by atoms with E-state index in [1.807, 2.05) is 237 Å². The van der Waals surface area contributed by atoms with Gasteiger partial charge in [-0.15, -0.1) is 39.5 Å². The number of hydrogen-bond donors (Lipinski definition) is 0. The highest BCUT2D eigenvalue weighted by atomic mass is 16.5. The summed E-state index contributed by atoms with van der Waals surface area (Å²) in [4.78, 5) is 45.2. The highest BCUT2D eigenvalue weighted by molar-refractivity contribution is 5.78. The van der Waals surface area contributed by atoms with Crippen molar-refractivity contribution in [2.45, 2.75) is 113 Å². The number of nitrogens with zero attached hydrogens (tertiary/aromatic N) is 3. The molecule has 0 atom stereocenters. The molecule has 12 aromatic rings. The summed E-state index contributed by atoms with van der Waals surface area (Å²) in [6.45, 7) is 69.7. The number of hydrogen-bond acceptors (Lipinski definition) is 11. The monoisotopic (exact) mass is 1840 g/mol. The number of allylic oxidation sites excluding steroid dienone is 9. The van der Waals surface area contributed by atoms with Crippen LogP contribution in [0.15, 0.2) is 458 Å². The summed E-state index contributed by atoms with van der Waals surface area (Å²) in [5, 5.41) is 0. The second-order valence-electron chi connectivity index (χ2n) is 31.8. The Morgan fingerprint density at radius 3 is 0.971 bits per heavy atom. The second kappa shape index (κ2) is 72.1. The van der Waals surface area contributed by atoms with Crippen LogP contribution in [-0.2, 0) is 49.1 Å². The molecule has 0 unspecified atom stereocenters. The summed E-state index contributed by atoms with van der Waals surface area (Å²) in [5.41, 5.74) is 14.7. The number of carbonyl (C=O) groups excluding carboxylic acids is 1. The first-order chi connectivity index (χ1) is 65.9. The molecule has 0 spiro atoms. The van der Waals surface area contributed by atoms with Crippen molar-refractivity contribution in [3.8, 4) is 40.2 Å². The SMILES string of the molecule is C=C(C)C=O.C=C(C)c1ccccc1.C=C(CC(C)(C)c1ccccc1)c1ccccc1.C=C(c1ccccc1)c1ccccc1.C=CCOc1ccc(CC=C)cc1OC.C=CCOc1ccccc1.C=CCc1ccc(OC)c(OC)c1.C=CCc1ccc(OC)cc1.C=CCn1c(=O)n(CC=C)c(=O)n(CC=C)c1=O.C=Cc1ccc(OC)cc1.C=Cc1ccccc1.CCC(C)(C)C. The zero-order valence-corrected chi connectivity index (χ0v) is 83.4. The van der Waals surface area contributed by atoms with Gasteiger partial charge in [-0.25, -0.2) is 28.1 Å². The Balaban J connectivity index is 0.000000758. The van der Waals surface area contributed by atoms with Gasteiger partial charge in [0.15, 0.2) is 23.0 Å². The Morgan fingerprint density at radius 2 is 0.650 bits per heavy atom. The number of carbonyl (C=O) groups is 1. The Hall–Kier alpha value is -15.5. The molecule has 0 radical (unpaired) electrons. The van der Waals surface area contributed by atoms with Gasteiger partial charge in [-0.05, 0) is 183 Å². The number of benzene rings is 11. The van der Waals surface area contributed by atoms with Crippen LogP contribution in [0.4, 0.5) is 0 Å². The fourth-order valence-corrected chi connectivity index (χ4v) is 11.4. The van der Waals surface area contributed by atoms with Crippen molar-refractivity contribution in [3.63, 3.8) is 0 Å². The van der Waals surface area contributed by atoms with Gasteiger partial charge in [0.2, 0.25) is 0 Å². The Bertz CT molecular complexity index is 5550. The predicted octanol–water partition coefficient (Wildman–Crippen LogP) is 29.2. The number of aromatic nitrogens is 3. The van der Waals surface area contributed by atoms with E-state index in [4.69, 9.17) is 33.2 Å². The van der Waals surface area contributed by atoms with Crippen molar-refractivity contribution in [1.29, 1.82) is 0 Å². The largest absolute Gasteiger partial charge is 0.497 e. The molecular formula is C123H147N3O11. The standard InChI is InChI=1S/C18H20.C14H12.C13H16O2.C12H15N3O3.C11H14O2.C10H12O.2C9H10O.C9H10.C8H8.C6H14.C4H6O/c1-15(16-10-6-4-7-11-16)14-18(2,3)17-12-8-5-9-13-17;1-12(13-8-4-2-5-9-13)14-10-6-3-7-11-14;1-4-6-11-7-8-12(15-9-5-2)13(10-11)14-3;1-4-7-13-10(16)14(8-5-2)12(18)15(9-6-3)11(13)17;1-4-5-9-6-7-10(12-2)11(8-9)13-3;1-3-4-9-5-7-10(11-2)8-6-9;1-3-8-4-6-9(10-2)7-5-8;1-2-8-10-9-6-4-3-5-7-9;1-8(2)9-6-4-3-5-7-9;1-2-8-6-4-3-5-7-8;1-5-6(2,3)4;1-4(2)3-5/h4-13H,1,14H2,2-3H3;2-11H,1H2;4-5,7-8,10H,1-2,6,9H2,3H3;4-6H,1-3,7-9H2;4,6-8H,1,5H2,2-3H3;3,5-8H,1,4H2,2H3;3-7H,1H2,2H3;2-7H,1,8H2;3-7H,1H2,2H3;2-7H,1H2;5H2,1-4H3;3H,1H2,2H3. The van der Waals surface area contributed by atoms with Crippen molar-refractivity contribution < 1.29 is 38.0 Å². The van der Waals surface area contributed by atoms with Crippen LogP contribution in [0.5, 0.6) is 40.2 Å². The van der Waals surface area contributed by atoms with E-state index >= 15 is 0 Å². The molecule has 0 saturated heterocycles. The van der Waals surface area contributed by atoms with E-state index in [9.17, 15) is 19.2 Å². The average Bonchev–Trinajstić information content (AvgIpc) is 0.784. The van der Waals surface area contributed by atoms with Crippen LogP contribution in [0, 0.1) is 5.41 Å². The average molecular weight is 1840 g/mol. The first-order valence-corrected chi connectivity index (χ1v) is 44.9. The van der Waals surface area contributed by atoms with Gasteiger partial charge in [0.1, 0.15) is 36.7 Å². The third-order valence-electron chi connectivity index (χ3n) is 19.3. The molecule has 12 rings (SSSR count). The Kier molecular flexibility index (Phi) is 62.8. The van der Waals surface area contributed by atoms with E-state index in [0.717, 1.165) is 108 Å². The van der Waals surface area contributed by atoms with Crippen LogP contribution in [0.3, 0.4) is 0 Å². The summed E-state index contributed by atoms with van der Waals surface area (Å²) in [5.74, 6) is 5.68. The van der Waals surface area contributed by atoms with Gasteiger partial charge in [0.05, 0.1) is 55.2 Å². The Morgan fingerprint density at radius 1 is 0.336 bits per heavy atom. The summed E-state index contributed by atoms with van der Waals surface area (Å²) in [6.07, 6.45) is 22.5. The topological polar surface area (TPSA) is 148 Å². The normalized spacial score (nSPS) is 9.58. The van der Waals surface area contributed by atoms with Gasteiger partial charge in [-0.2, -0.15) is 0 Å². The fraction of sp³-hybridized carbons (Fsp3) is 0.203. The summed E-state index contributed by atoms with van der Waals surface area (Å²) in [6, 6.07) is 98.9. The molecule has 0 aliphatic rings. The predicted molar refractivity (Wildman–Crippen MR) is 587 cm³/mol. The molecule has 1 heterocycles. The van der Waals surface area contributed by atoms with Gasteiger partial charge in [-0.3, -0.25) is 4.79 Å². The van der Waals surface area contributed by atoms with E-state index in [1.54, 1.807) is 60.7 Å². The van der Waals surface area contributed by atoms with Crippen LogP contribution in [0.1, 0.15) is 124 Å². The van der Waals surface area contributed by atoms with Crippen molar-refractivity contribution in [1.82, 2.24) is 13.7 Å². The van der Waals surface area contributed by atoms with Crippen molar-refractivity contribution >= 4 is 35.2 Å². The highest BCUT2D eigenvalue weighted by Gasteiger charge is 2.22. The maximum Gasteiger partial charge on any atom is 0.336 e. The number of aldehydes is 1. The maximum absolute atomic E-state index is 11.9. The Labute approximate surface area is 819 Å². The minimum absolute atomic E-state index is 0.0478. The van der Waals surface area contributed by atoms with Crippen molar-refractivity contribution in [2.24, 2.45) is 5.41 Å². The van der Waals surface area contributed by atoms with Crippen LogP contribution in [0.2, 0.25) is 0 Å². The molecule has 11 aromatic carbocycles. The molecule has 14 nitrogen and oxygen atoms in total. The molecule has 720 valence electrons. The molecule has 0 amide bonds. The molecule has 137 heavy (non-hydrogen) atoms. The molecular weight excluding hydrogens is 1700 g/mol. The summed E-state index contributed by atoms with van der Waals surface area (Å²) < 4.78 is 39.0. The number of ether oxygens (including phenoxy) is 7. The van der Waals surface area contributed by atoms with Gasteiger partial charge < -0.3 is 33.2 Å². The first kappa shape index (κ1) is 119. The molecule has 0 bridgehead atoms. The molecule has 0 N–H and O–H groups in total. The fourth-order valence-electron chi connectivity index (χ4n) is 11.4. The number of methoxy groups -OCH3 is 5. The quantitative estimate of drug-likeness (QED) is 0.0220. The third kappa shape index (κ3) is 50.8. The molecule has 0 fully saturated rings. The van der Waals surface area contributed by atoms with E-state index in [2.05, 4.69) is 225 Å². The summed E-state index contributed by atoms with van der Waals surface area (Å²) in [7, 11) is 8.22. The number of rotatable bonds is 33. The zero-order valence-electron chi connectivity index (χ0n) is 83.4.